The monoisotopic (exact) mass is 464 g/mol. The molecular weight excluding hydrogens is 428 g/mol. The van der Waals surface area contributed by atoms with Crippen molar-refractivity contribution in [2.24, 2.45) is 34.5 Å². The molecule has 0 aromatic rings. The fraction of sp³-hybridized carbons (Fsp3) is 0.880. The Bertz CT molecular complexity index is 872. The normalized spacial score (nSPS) is 49.2. The molecule has 0 aromatic heterocycles. The van der Waals surface area contributed by atoms with Crippen LogP contribution < -0.4 is 0 Å². The highest BCUT2D eigenvalue weighted by atomic mass is 16.7. The van der Waals surface area contributed by atoms with Crippen LogP contribution in [0.1, 0.15) is 72.1 Å². The zero-order valence-electron chi connectivity index (χ0n) is 20.1. The smallest absolute Gasteiger partial charge is 0.315 e. The average Bonchev–Trinajstić information content (AvgIpc) is 3.20. The van der Waals surface area contributed by atoms with Crippen LogP contribution in [-0.4, -0.2) is 54.2 Å². The summed E-state index contributed by atoms with van der Waals surface area (Å²) in [4.78, 5) is 39.1. The lowest BCUT2D eigenvalue weighted by Gasteiger charge is -2.47. The van der Waals surface area contributed by atoms with Gasteiger partial charge in [0.2, 0.25) is 0 Å². The molecule has 1 N–H and O–H groups in total. The fourth-order valence-corrected chi connectivity index (χ4v) is 9.20. The number of ether oxygens (including phenoxy) is 4. The van der Waals surface area contributed by atoms with E-state index in [1.165, 1.54) is 14.0 Å². The van der Waals surface area contributed by atoms with Gasteiger partial charge in [0.1, 0.15) is 11.2 Å². The summed E-state index contributed by atoms with van der Waals surface area (Å²) in [5.74, 6) is -2.09. The molecule has 184 valence electrons. The van der Waals surface area contributed by atoms with Gasteiger partial charge in [0.15, 0.2) is 6.79 Å². The first-order chi connectivity index (χ1) is 15.6. The highest BCUT2D eigenvalue weighted by Gasteiger charge is 2.85. The van der Waals surface area contributed by atoms with Gasteiger partial charge in [0, 0.05) is 25.9 Å². The van der Waals surface area contributed by atoms with Gasteiger partial charge in [-0.25, -0.2) is 0 Å². The van der Waals surface area contributed by atoms with E-state index >= 15 is 0 Å². The van der Waals surface area contributed by atoms with Crippen molar-refractivity contribution < 1.29 is 38.4 Å². The zero-order valence-corrected chi connectivity index (χ0v) is 20.1. The largest absolute Gasteiger partial charge is 0.459 e. The Kier molecular flexibility index (Phi) is 5.19. The van der Waals surface area contributed by atoms with Crippen molar-refractivity contribution in [3.8, 4) is 0 Å². The van der Waals surface area contributed by atoms with E-state index in [1.807, 2.05) is 0 Å². The molecule has 1 spiro atoms. The topological polar surface area (TPSA) is 108 Å². The molecule has 5 aliphatic rings. The van der Waals surface area contributed by atoms with E-state index in [0.29, 0.717) is 25.7 Å². The zero-order chi connectivity index (χ0) is 23.8. The first kappa shape index (κ1) is 23.1. The van der Waals surface area contributed by atoms with Crippen molar-refractivity contribution in [3.05, 3.63) is 0 Å². The second-order valence-corrected chi connectivity index (χ2v) is 11.4. The molecule has 0 radical (unpaired) electrons. The van der Waals surface area contributed by atoms with Crippen LogP contribution in [0.2, 0.25) is 0 Å². The Morgan fingerprint density at radius 1 is 1.24 bits per heavy atom. The molecule has 4 bridgehead atoms. The number of esters is 3. The maximum atomic E-state index is 13.7. The Hall–Kier alpha value is -1.67. The van der Waals surface area contributed by atoms with Gasteiger partial charge in [-0.2, -0.15) is 0 Å². The van der Waals surface area contributed by atoms with Crippen LogP contribution in [0.5, 0.6) is 0 Å². The quantitative estimate of drug-likeness (QED) is 0.363. The number of rotatable bonds is 6. The highest BCUT2D eigenvalue weighted by molar-refractivity contribution is 5.85. The van der Waals surface area contributed by atoms with Crippen molar-refractivity contribution in [1.82, 2.24) is 0 Å². The predicted octanol–water partition coefficient (Wildman–Crippen LogP) is 2.74. The van der Waals surface area contributed by atoms with Crippen LogP contribution in [-0.2, 0) is 33.3 Å². The van der Waals surface area contributed by atoms with Crippen molar-refractivity contribution in [3.63, 3.8) is 0 Å². The standard InChI is InChI=1S/C25H36O8/c1-5-6-15-11-23-12-24(15,32-14(2)26)9-7-16(23)25-10-8-17(27)22(3,21(29)33-25)19(25)18(23)20(28)31-13-30-4/h15-19,27H,5-13H2,1-4H3/t15?,16-,17+,18-,19-,22+,23+,24+,25-/m1/s1. The molecular formula is C25H36O8. The summed E-state index contributed by atoms with van der Waals surface area (Å²) in [5.41, 5.74) is -3.06. The summed E-state index contributed by atoms with van der Waals surface area (Å²) in [5, 5.41) is 11.0. The summed E-state index contributed by atoms with van der Waals surface area (Å²) >= 11 is 0. The van der Waals surface area contributed by atoms with Crippen LogP contribution in [0.25, 0.3) is 0 Å². The first-order valence-corrected chi connectivity index (χ1v) is 12.4. The van der Waals surface area contributed by atoms with Gasteiger partial charge >= 0.3 is 17.9 Å². The van der Waals surface area contributed by atoms with Gasteiger partial charge in [-0.05, 0) is 63.2 Å². The van der Waals surface area contributed by atoms with Crippen LogP contribution in [0.3, 0.4) is 0 Å². The van der Waals surface area contributed by atoms with Gasteiger partial charge < -0.3 is 24.1 Å². The Balaban J connectivity index is 1.66. The molecule has 33 heavy (non-hydrogen) atoms. The van der Waals surface area contributed by atoms with Gasteiger partial charge in [-0.1, -0.05) is 13.3 Å². The average molecular weight is 465 g/mol. The number of aliphatic hydroxyl groups is 1. The summed E-state index contributed by atoms with van der Waals surface area (Å²) in [7, 11) is 1.46. The lowest BCUT2D eigenvalue weighted by Crippen LogP contribution is -2.53. The van der Waals surface area contributed by atoms with Gasteiger partial charge in [-0.3, -0.25) is 14.4 Å². The number of carbonyl (C=O) groups excluding carboxylic acids is 3. The molecule has 9 atom stereocenters. The minimum absolute atomic E-state index is 0.0288. The minimum atomic E-state index is -1.16. The van der Waals surface area contributed by atoms with Crippen LogP contribution in [0.4, 0.5) is 0 Å². The second kappa shape index (κ2) is 7.41. The molecule has 4 saturated carbocycles. The molecule has 0 aromatic carbocycles. The number of aliphatic hydroxyl groups excluding tert-OH is 1. The van der Waals surface area contributed by atoms with Crippen molar-refractivity contribution in [2.75, 3.05) is 13.9 Å². The minimum Gasteiger partial charge on any atom is -0.459 e. The molecule has 1 aliphatic heterocycles. The van der Waals surface area contributed by atoms with E-state index in [-0.39, 0.29) is 24.6 Å². The molecule has 1 heterocycles. The summed E-state index contributed by atoms with van der Waals surface area (Å²) in [6, 6.07) is 0. The van der Waals surface area contributed by atoms with Crippen molar-refractivity contribution in [2.45, 2.75) is 89.4 Å². The molecule has 8 nitrogen and oxygen atoms in total. The fourth-order valence-electron chi connectivity index (χ4n) is 9.20. The molecule has 1 saturated heterocycles. The predicted molar refractivity (Wildman–Crippen MR) is 114 cm³/mol. The maximum absolute atomic E-state index is 13.7. The number of carbonyl (C=O) groups is 3. The first-order valence-electron chi connectivity index (χ1n) is 12.4. The molecule has 0 amide bonds. The third-order valence-corrected chi connectivity index (χ3v) is 10.0. The Morgan fingerprint density at radius 2 is 2.00 bits per heavy atom. The number of hydrogen-bond donors (Lipinski definition) is 1. The molecule has 4 aliphatic carbocycles. The Labute approximate surface area is 194 Å². The highest BCUT2D eigenvalue weighted by Crippen LogP contribution is 2.79. The Morgan fingerprint density at radius 3 is 2.67 bits per heavy atom. The van der Waals surface area contributed by atoms with Gasteiger partial charge in [-0.15, -0.1) is 0 Å². The van der Waals surface area contributed by atoms with E-state index in [9.17, 15) is 19.5 Å². The maximum Gasteiger partial charge on any atom is 0.315 e. The van der Waals surface area contributed by atoms with Gasteiger partial charge in [0.25, 0.3) is 0 Å². The van der Waals surface area contributed by atoms with E-state index in [1.54, 1.807) is 6.92 Å². The van der Waals surface area contributed by atoms with Crippen LogP contribution in [0.15, 0.2) is 0 Å². The lowest BCUT2D eigenvalue weighted by molar-refractivity contribution is -0.176. The second-order valence-electron chi connectivity index (χ2n) is 11.4. The molecule has 1 unspecified atom stereocenters. The molecule has 5 rings (SSSR count). The number of fused-ring (bicyclic) bond motifs is 1. The summed E-state index contributed by atoms with van der Waals surface area (Å²) < 4.78 is 22.9. The third kappa shape index (κ3) is 2.74. The number of methoxy groups -OCH3 is 1. The SMILES string of the molecule is CCCC1C[C@]23C[C@@]1(OC(C)=O)CC[C@H]2[C@@]12CC[C@H](O)[C@](C)(C(=O)O1)[C@H]2[C@@H]3C(=O)OCOC. The van der Waals surface area contributed by atoms with E-state index in [0.717, 1.165) is 25.7 Å². The van der Waals surface area contributed by atoms with E-state index in [4.69, 9.17) is 18.9 Å². The van der Waals surface area contributed by atoms with Crippen molar-refractivity contribution in [1.29, 1.82) is 0 Å². The lowest BCUT2D eigenvalue weighted by atomic mass is 9.59. The number of hydrogen-bond acceptors (Lipinski definition) is 8. The van der Waals surface area contributed by atoms with Crippen LogP contribution >= 0.6 is 0 Å². The molecule has 8 heteroatoms. The van der Waals surface area contributed by atoms with Crippen LogP contribution in [0, 0.1) is 34.5 Å². The van der Waals surface area contributed by atoms with E-state index < -0.39 is 51.9 Å². The summed E-state index contributed by atoms with van der Waals surface area (Å²) in [6.45, 7) is 5.16. The van der Waals surface area contributed by atoms with Crippen molar-refractivity contribution >= 4 is 17.9 Å². The van der Waals surface area contributed by atoms with E-state index in [2.05, 4.69) is 6.92 Å². The molecule has 5 fully saturated rings. The third-order valence-electron chi connectivity index (χ3n) is 10.0. The van der Waals surface area contributed by atoms with Gasteiger partial charge in [0.05, 0.1) is 17.4 Å². The summed E-state index contributed by atoms with van der Waals surface area (Å²) in [6.07, 6.45) is 4.72.